The summed E-state index contributed by atoms with van der Waals surface area (Å²) in [6.45, 7) is 3.71. The summed E-state index contributed by atoms with van der Waals surface area (Å²) in [5.74, 6) is -0.210. The number of aliphatic carboxylic acids is 1. The molecule has 152 valence electrons. The standard InChI is InChI=1S/C20H29F2NO4/c1-3-4-9-15(2)17(24)12-11-16-14-20(21,22)19(27)23(16)13-8-6-5-7-10-18(25)26/h11-12,15-17,24H,5-10,13-14H2,1-2H3,(H,25,26)/p-1/b12-11+/t15?,16-,17?/m0/s1. The van der Waals surface area contributed by atoms with Crippen molar-refractivity contribution in [1.29, 1.82) is 0 Å². The first kappa shape index (κ1) is 23.1. The van der Waals surface area contributed by atoms with Gasteiger partial charge in [-0.25, -0.2) is 0 Å². The third kappa shape index (κ3) is 7.67. The molecule has 0 aromatic rings. The van der Waals surface area contributed by atoms with Gasteiger partial charge in [0, 0.05) is 25.4 Å². The fourth-order valence-corrected chi connectivity index (χ4v) is 2.98. The molecule has 7 heteroatoms. The van der Waals surface area contributed by atoms with Gasteiger partial charge in [-0.1, -0.05) is 31.9 Å². The van der Waals surface area contributed by atoms with Gasteiger partial charge < -0.3 is 19.9 Å². The lowest BCUT2D eigenvalue weighted by molar-refractivity contribution is -0.305. The summed E-state index contributed by atoms with van der Waals surface area (Å²) in [4.78, 5) is 23.4. The van der Waals surface area contributed by atoms with E-state index in [4.69, 9.17) is 0 Å². The maximum Gasteiger partial charge on any atom is 0.327 e. The van der Waals surface area contributed by atoms with Crippen molar-refractivity contribution in [2.24, 2.45) is 5.92 Å². The van der Waals surface area contributed by atoms with Gasteiger partial charge in [-0.2, -0.15) is 8.78 Å². The Morgan fingerprint density at radius 3 is 2.70 bits per heavy atom. The van der Waals surface area contributed by atoms with Crippen LogP contribution in [-0.4, -0.2) is 46.5 Å². The van der Waals surface area contributed by atoms with E-state index in [2.05, 4.69) is 11.8 Å². The Morgan fingerprint density at radius 1 is 1.41 bits per heavy atom. The zero-order chi connectivity index (χ0) is 20.4. The Hall–Kier alpha value is -1.94. The lowest BCUT2D eigenvalue weighted by Crippen LogP contribution is -2.36. The molecule has 27 heavy (non-hydrogen) atoms. The van der Waals surface area contributed by atoms with Crippen molar-refractivity contribution >= 4 is 11.9 Å². The number of hydrogen-bond donors (Lipinski definition) is 1. The highest BCUT2D eigenvalue weighted by Gasteiger charge is 2.52. The number of carboxylic acids is 1. The van der Waals surface area contributed by atoms with Crippen LogP contribution in [0.3, 0.4) is 0 Å². The zero-order valence-electron chi connectivity index (χ0n) is 15.9. The molecule has 5 nitrogen and oxygen atoms in total. The monoisotopic (exact) mass is 384 g/mol. The highest BCUT2D eigenvalue weighted by molar-refractivity contribution is 5.86. The van der Waals surface area contributed by atoms with Gasteiger partial charge >= 0.3 is 5.92 Å². The van der Waals surface area contributed by atoms with E-state index in [1.807, 2.05) is 6.92 Å². The number of halogens is 2. The van der Waals surface area contributed by atoms with Crippen LogP contribution < -0.4 is 5.11 Å². The van der Waals surface area contributed by atoms with Crippen LogP contribution in [0, 0.1) is 17.8 Å². The third-order valence-electron chi connectivity index (χ3n) is 4.68. The van der Waals surface area contributed by atoms with Crippen LogP contribution in [0.5, 0.6) is 0 Å². The molecular weight excluding hydrogens is 356 g/mol. The van der Waals surface area contributed by atoms with Gasteiger partial charge in [0.15, 0.2) is 0 Å². The fourth-order valence-electron chi connectivity index (χ4n) is 2.98. The average molecular weight is 384 g/mol. The van der Waals surface area contributed by atoms with Crippen molar-refractivity contribution < 1.29 is 28.6 Å². The Bertz CT molecular complexity index is 595. The van der Waals surface area contributed by atoms with Crippen molar-refractivity contribution in [3.8, 4) is 11.8 Å². The lowest BCUT2D eigenvalue weighted by atomic mass is 10.00. The highest BCUT2D eigenvalue weighted by atomic mass is 19.3. The minimum absolute atomic E-state index is 0.0233. The van der Waals surface area contributed by atoms with E-state index in [1.165, 1.54) is 12.2 Å². The predicted octanol–water partition coefficient (Wildman–Crippen LogP) is 1.89. The predicted molar refractivity (Wildman–Crippen MR) is 95.5 cm³/mol. The van der Waals surface area contributed by atoms with Crippen LogP contribution in [0.1, 0.15) is 58.8 Å². The van der Waals surface area contributed by atoms with E-state index < -0.39 is 36.4 Å². The third-order valence-corrected chi connectivity index (χ3v) is 4.68. The molecule has 1 amide bonds. The quantitative estimate of drug-likeness (QED) is 0.335. The number of likely N-dealkylation sites (tertiary alicyclic amines) is 1. The highest BCUT2D eigenvalue weighted by Crippen LogP contribution is 2.34. The van der Waals surface area contributed by atoms with Gasteiger partial charge in [-0.05, 0) is 32.1 Å². The molecule has 3 atom stereocenters. The number of rotatable bonds is 11. The molecular formula is C20H28F2NO4-. The van der Waals surface area contributed by atoms with Crippen molar-refractivity contribution in [2.75, 3.05) is 6.54 Å². The molecule has 0 aromatic carbocycles. The Labute approximate surface area is 159 Å². The largest absolute Gasteiger partial charge is 0.550 e. The number of aliphatic hydroxyl groups excluding tert-OH is 1. The maximum absolute atomic E-state index is 13.8. The number of hydrogen-bond acceptors (Lipinski definition) is 4. The van der Waals surface area contributed by atoms with Crippen molar-refractivity contribution in [3.63, 3.8) is 0 Å². The molecule has 0 spiro atoms. The minimum atomic E-state index is -3.39. The number of carboxylic acid groups (broad SMARTS) is 1. The van der Waals surface area contributed by atoms with Gasteiger partial charge in [-0.15, -0.1) is 11.8 Å². The van der Waals surface area contributed by atoms with Gasteiger partial charge in [0.2, 0.25) is 0 Å². The van der Waals surface area contributed by atoms with Crippen molar-refractivity contribution in [1.82, 2.24) is 4.90 Å². The maximum atomic E-state index is 13.8. The molecule has 0 radical (unpaired) electrons. The van der Waals surface area contributed by atoms with E-state index in [9.17, 15) is 28.6 Å². The van der Waals surface area contributed by atoms with Crippen LogP contribution >= 0.6 is 0 Å². The van der Waals surface area contributed by atoms with Crippen LogP contribution in [0.25, 0.3) is 0 Å². The lowest BCUT2D eigenvalue weighted by Gasteiger charge is -2.22. The first-order chi connectivity index (χ1) is 12.7. The SMILES string of the molecule is CC#CCC(C)C(O)/C=C/[C@H]1CC(F)(F)C(=O)N1CCCCCCC(=O)[O-]. The van der Waals surface area contributed by atoms with Crippen molar-refractivity contribution in [3.05, 3.63) is 12.2 Å². The summed E-state index contributed by atoms with van der Waals surface area (Å²) in [7, 11) is 0. The van der Waals surface area contributed by atoms with Gasteiger partial charge in [0.25, 0.3) is 5.91 Å². The van der Waals surface area contributed by atoms with Gasteiger partial charge in [0.1, 0.15) is 0 Å². The average Bonchev–Trinajstić information content (AvgIpc) is 2.82. The Kier molecular flexibility index (Phi) is 9.44. The summed E-state index contributed by atoms with van der Waals surface area (Å²) in [5, 5.41) is 20.5. The number of unbranched alkanes of at least 4 members (excludes halogenated alkanes) is 3. The van der Waals surface area contributed by atoms with Crippen LogP contribution in [0.15, 0.2) is 12.2 Å². The molecule has 1 heterocycles. The summed E-state index contributed by atoms with van der Waals surface area (Å²) in [6, 6.07) is -0.755. The fraction of sp³-hybridized carbons (Fsp3) is 0.700. The number of nitrogens with zero attached hydrogens (tertiary/aromatic N) is 1. The van der Waals surface area contributed by atoms with E-state index in [-0.39, 0.29) is 18.9 Å². The smallest absolute Gasteiger partial charge is 0.327 e. The second kappa shape index (κ2) is 11.0. The molecule has 0 bridgehead atoms. The molecule has 1 saturated heterocycles. The zero-order valence-corrected chi connectivity index (χ0v) is 15.9. The minimum Gasteiger partial charge on any atom is -0.550 e. The van der Waals surface area contributed by atoms with Crippen molar-refractivity contribution in [2.45, 2.75) is 76.9 Å². The Balaban J connectivity index is 2.59. The van der Waals surface area contributed by atoms with E-state index in [0.29, 0.717) is 32.1 Å². The van der Waals surface area contributed by atoms with E-state index in [0.717, 1.165) is 4.90 Å². The molecule has 1 rings (SSSR count). The number of carbonyl (C=O) groups excluding carboxylic acids is 2. The molecule has 1 N–H and O–H groups in total. The van der Waals surface area contributed by atoms with Gasteiger partial charge in [-0.3, -0.25) is 4.79 Å². The summed E-state index contributed by atoms with van der Waals surface area (Å²) >= 11 is 0. The Morgan fingerprint density at radius 2 is 2.07 bits per heavy atom. The second-order valence-electron chi connectivity index (χ2n) is 6.99. The topological polar surface area (TPSA) is 80.7 Å². The normalized spacial score (nSPS) is 21.1. The van der Waals surface area contributed by atoms with Crippen LogP contribution in [-0.2, 0) is 9.59 Å². The van der Waals surface area contributed by atoms with Gasteiger partial charge in [0.05, 0.1) is 12.1 Å². The van der Waals surface area contributed by atoms with E-state index >= 15 is 0 Å². The molecule has 0 saturated carbocycles. The summed E-state index contributed by atoms with van der Waals surface area (Å²) in [6.07, 6.45) is 4.29. The summed E-state index contributed by atoms with van der Waals surface area (Å²) < 4.78 is 27.7. The number of amides is 1. The van der Waals surface area contributed by atoms with E-state index in [1.54, 1.807) is 6.92 Å². The molecule has 0 aliphatic carbocycles. The second-order valence-corrected chi connectivity index (χ2v) is 6.99. The molecule has 2 unspecified atom stereocenters. The molecule has 1 aliphatic rings. The summed E-state index contributed by atoms with van der Waals surface area (Å²) in [5.41, 5.74) is 0. The van der Waals surface area contributed by atoms with Crippen LogP contribution in [0.2, 0.25) is 0 Å². The first-order valence-electron chi connectivity index (χ1n) is 9.33. The molecule has 0 aromatic heterocycles. The molecule has 1 aliphatic heterocycles. The number of carbonyl (C=O) groups is 2. The number of aliphatic hydroxyl groups is 1. The van der Waals surface area contributed by atoms with Crippen LogP contribution in [0.4, 0.5) is 8.78 Å². The first-order valence-corrected chi connectivity index (χ1v) is 9.33. The number of alkyl halides is 2. The molecule has 1 fully saturated rings.